The summed E-state index contributed by atoms with van der Waals surface area (Å²) >= 11 is 0. The van der Waals surface area contributed by atoms with Gasteiger partial charge in [-0.3, -0.25) is 4.79 Å². The van der Waals surface area contributed by atoms with E-state index in [4.69, 9.17) is 0 Å². The lowest BCUT2D eigenvalue weighted by atomic mass is 10.00. The third kappa shape index (κ3) is 3.11. The molecule has 1 atom stereocenters. The smallest absolute Gasteiger partial charge is 0.293 e. The number of rotatable bonds is 3. The van der Waals surface area contributed by atoms with Crippen molar-refractivity contribution in [3.05, 3.63) is 41.7 Å². The summed E-state index contributed by atoms with van der Waals surface area (Å²) in [6.45, 7) is 4.66. The van der Waals surface area contributed by atoms with Crippen LogP contribution in [0, 0.1) is 12.7 Å². The predicted molar refractivity (Wildman–Crippen MR) is 85.0 cm³/mol. The molecule has 6 heteroatoms. The fourth-order valence-electron chi connectivity index (χ4n) is 3.13. The number of halogens is 1. The molecule has 1 unspecified atom stereocenters. The van der Waals surface area contributed by atoms with Gasteiger partial charge < -0.3 is 4.90 Å². The minimum atomic E-state index is -0.304. The molecule has 0 spiro atoms. The zero-order chi connectivity index (χ0) is 16.4. The molecule has 0 bridgehead atoms. The molecule has 1 amide bonds. The van der Waals surface area contributed by atoms with E-state index in [0.29, 0.717) is 11.5 Å². The van der Waals surface area contributed by atoms with Crippen LogP contribution in [0.1, 0.15) is 49.1 Å². The van der Waals surface area contributed by atoms with Gasteiger partial charge in [0, 0.05) is 12.6 Å². The summed E-state index contributed by atoms with van der Waals surface area (Å²) in [5, 5.41) is 4.35. The van der Waals surface area contributed by atoms with E-state index in [2.05, 4.69) is 17.0 Å². The molecule has 2 heterocycles. The summed E-state index contributed by atoms with van der Waals surface area (Å²) in [6.07, 6.45) is 4.18. The molecule has 1 aromatic carbocycles. The van der Waals surface area contributed by atoms with Gasteiger partial charge in [0.25, 0.3) is 5.91 Å². The first-order chi connectivity index (χ1) is 11.1. The quantitative estimate of drug-likeness (QED) is 0.874. The van der Waals surface area contributed by atoms with Crippen LogP contribution in [-0.2, 0) is 0 Å². The second-order valence-electron chi connectivity index (χ2n) is 5.93. The van der Waals surface area contributed by atoms with Crippen LogP contribution in [0.3, 0.4) is 0 Å². The van der Waals surface area contributed by atoms with Gasteiger partial charge in [-0.15, -0.1) is 5.10 Å². The Labute approximate surface area is 135 Å². The molecule has 0 N–H and O–H groups in total. The Morgan fingerprint density at radius 1 is 1.30 bits per heavy atom. The Morgan fingerprint density at radius 3 is 2.74 bits per heavy atom. The molecule has 1 aliphatic rings. The number of hydrogen-bond acceptors (Lipinski definition) is 3. The third-order valence-corrected chi connectivity index (χ3v) is 4.39. The van der Waals surface area contributed by atoms with Crippen LogP contribution in [0.25, 0.3) is 5.69 Å². The Bertz CT molecular complexity index is 695. The largest absolute Gasteiger partial charge is 0.333 e. The maximum atomic E-state index is 13.1. The number of likely N-dealkylation sites (tertiary alicyclic amines) is 1. The lowest BCUT2D eigenvalue weighted by Crippen LogP contribution is -2.43. The van der Waals surface area contributed by atoms with Crippen molar-refractivity contribution in [2.45, 2.75) is 45.6 Å². The standard InChI is InChI=1S/C17H21FN4O/c1-3-14-6-4-5-11-21(14)17(23)16-19-12(2)22(20-16)15-9-7-13(18)8-10-15/h7-10,14H,3-6,11H2,1-2H3. The summed E-state index contributed by atoms with van der Waals surface area (Å²) in [7, 11) is 0. The first kappa shape index (κ1) is 15.6. The monoisotopic (exact) mass is 316 g/mol. The normalized spacial score (nSPS) is 18.2. The number of hydrogen-bond donors (Lipinski definition) is 0. The highest BCUT2D eigenvalue weighted by molar-refractivity contribution is 5.90. The topological polar surface area (TPSA) is 51.0 Å². The summed E-state index contributed by atoms with van der Waals surface area (Å²) in [5.41, 5.74) is 0.695. The number of amides is 1. The van der Waals surface area contributed by atoms with E-state index < -0.39 is 0 Å². The Morgan fingerprint density at radius 2 is 2.04 bits per heavy atom. The summed E-state index contributed by atoms with van der Waals surface area (Å²) in [5.74, 6) is 0.416. The molecule has 122 valence electrons. The van der Waals surface area contributed by atoms with Crippen molar-refractivity contribution >= 4 is 5.91 Å². The van der Waals surface area contributed by atoms with Crippen molar-refractivity contribution in [3.63, 3.8) is 0 Å². The number of aryl methyl sites for hydroxylation is 1. The van der Waals surface area contributed by atoms with E-state index in [9.17, 15) is 9.18 Å². The minimum absolute atomic E-state index is 0.111. The second kappa shape index (κ2) is 6.48. The van der Waals surface area contributed by atoms with Gasteiger partial charge in [0.1, 0.15) is 11.6 Å². The van der Waals surface area contributed by atoms with E-state index in [1.807, 2.05) is 4.90 Å². The van der Waals surface area contributed by atoms with Gasteiger partial charge in [-0.1, -0.05) is 6.92 Å². The lowest BCUT2D eigenvalue weighted by Gasteiger charge is -2.34. The van der Waals surface area contributed by atoms with E-state index in [1.54, 1.807) is 23.7 Å². The molecular weight excluding hydrogens is 295 g/mol. The molecule has 5 nitrogen and oxygen atoms in total. The number of benzene rings is 1. The van der Waals surface area contributed by atoms with Gasteiger partial charge >= 0.3 is 0 Å². The molecule has 1 aromatic heterocycles. The number of aromatic nitrogens is 3. The Hall–Kier alpha value is -2.24. The van der Waals surface area contributed by atoms with Gasteiger partial charge in [-0.25, -0.2) is 14.1 Å². The highest BCUT2D eigenvalue weighted by Crippen LogP contribution is 2.21. The van der Waals surface area contributed by atoms with Crippen molar-refractivity contribution < 1.29 is 9.18 Å². The van der Waals surface area contributed by atoms with Crippen molar-refractivity contribution in [1.29, 1.82) is 0 Å². The van der Waals surface area contributed by atoms with Gasteiger partial charge in [0.05, 0.1) is 5.69 Å². The summed E-state index contributed by atoms with van der Waals surface area (Å²) in [6, 6.07) is 6.27. The molecule has 0 aliphatic carbocycles. The molecule has 3 rings (SSSR count). The maximum Gasteiger partial charge on any atom is 0.293 e. The fourth-order valence-corrected chi connectivity index (χ4v) is 3.13. The molecular formula is C17H21FN4O. The Kier molecular flexibility index (Phi) is 4.41. The van der Waals surface area contributed by atoms with E-state index >= 15 is 0 Å². The number of carbonyl (C=O) groups is 1. The van der Waals surface area contributed by atoms with Crippen LogP contribution in [0.2, 0.25) is 0 Å². The van der Waals surface area contributed by atoms with Crippen molar-refractivity contribution in [2.24, 2.45) is 0 Å². The Balaban J connectivity index is 1.87. The number of carbonyl (C=O) groups excluding carboxylic acids is 1. The van der Waals surface area contributed by atoms with Crippen LogP contribution in [-0.4, -0.2) is 38.2 Å². The second-order valence-corrected chi connectivity index (χ2v) is 5.93. The van der Waals surface area contributed by atoms with Crippen molar-refractivity contribution in [1.82, 2.24) is 19.7 Å². The van der Waals surface area contributed by atoms with Gasteiger partial charge in [-0.05, 0) is 56.9 Å². The maximum absolute atomic E-state index is 13.1. The molecule has 0 radical (unpaired) electrons. The fraction of sp³-hybridized carbons (Fsp3) is 0.471. The van der Waals surface area contributed by atoms with Crippen LogP contribution in [0.5, 0.6) is 0 Å². The first-order valence-corrected chi connectivity index (χ1v) is 8.10. The van der Waals surface area contributed by atoms with E-state index in [1.165, 1.54) is 18.6 Å². The van der Waals surface area contributed by atoms with Crippen LogP contribution in [0.4, 0.5) is 4.39 Å². The molecule has 1 saturated heterocycles. The molecule has 1 fully saturated rings. The molecule has 0 saturated carbocycles. The van der Waals surface area contributed by atoms with Crippen LogP contribution >= 0.6 is 0 Å². The van der Waals surface area contributed by atoms with Gasteiger partial charge in [-0.2, -0.15) is 0 Å². The molecule has 1 aliphatic heterocycles. The lowest BCUT2D eigenvalue weighted by molar-refractivity contribution is 0.0595. The summed E-state index contributed by atoms with van der Waals surface area (Å²) < 4.78 is 14.6. The number of piperidine rings is 1. The summed E-state index contributed by atoms with van der Waals surface area (Å²) in [4.78, 5) is 19.0. The van der Waals surface area contributed by atoms with Gasteiger partial charge in [0.2, 0.25) is 5.82 Å². The zero-order valence-electron chi connectivity index (χ0n) is 13.5. The highest BCUT2D eigenvalue weighted by Gasteiger charge is 2.29. The minimum Gasteiger partial charge on any atom is -0.333 e. The van der Waals surface area contributed by atoms with E-state index in [0.717, 1.165) is 25.8 Å². The third-order valence-electron chi connectivity index (χ3n) is 4.39. The molecule has 2 aromatic rings. The zero-order valence-corrected chi connectivity index (χ0v) is 13.5. The average molecular weight is 316 g/mol. The SMILES string of the molecule is CCC1CCCCN1C(=O)c1nc(C)n(-c2ccc(F)cc2)n1. The van der Waals surface area contributed by atoms with E-state index in [-0.39, 0.29) is 23.6 Å². The van der Waals surface area contributed by atoms with Crippen LogP contribution < -0.4 is 0 Å². The predicted octanol–water partition coefficient (Wildman–Crippen LogP) is 3.12. The van der Waals surface area contributed by atoms with Gasteiger partial charge in [0.15, 0.2) is 0 Å². The first-order valence-electron chi connectivity index (χ1n) is 8.10. The highest BCUT2D eigenvalue weighted by atomic mass is 19.1. The van der Waals surface area contributed by atoms with Crippen molar-refractivity contribution in [3.8, 4) is 5.69 Å². The molecule has 23 heavy (non-hydrogen) atoms. The average Bonchev–Trinajstić information content (AvgIpc) is 2.96. The van der Waals surface area contributed by atoms with Crippen LogP contribution in [0.15, 0.2) is 24.3 Å². The van der Waals surface area contributed by atoms with Crippen molar-refractivity contribution in [2.75, 3.05) is 6.54 Å². The number of nitrogens with zero attached hydrogens (tertiary/aromatic N) is 4.